The van der Waals surface area contributed by atoms with Crippen molar-refractivity contribution in [3.05, 3.63) is 4.91 Å². The molecule has 0 N–H and O–H groups in total. The van der Waals surface area contributed by atoms with Crippen LogP contribution in [0, 0.1) is 4.91 Å². The molecule has 1 rings (SSSR count). The first kappa shape index (κ1) is 8.26. The van der Waals surface area contributed by atoms with Crippen LogP contribution in [0.1, 0.15) is 0 Å². The van der Waals surface area contributed by atoms with E-state index in [2.05, 4.69) is 10.3 Å². The Morgan fingerprint density at radius 1 is 1.73 bits per heavy atom. The van der Waals surface area contributed by atoms with Crippen molar-refractivity contribution in [2.24, 2.45) is 10.3 Å². The van der Waals surface area contributed by atoms with Crippen LogP contribution in [-0.4, -0.2) is 36.6 Å². The van der Waals surface area contributed by atoms with Crippen LogP contribution in [-0.2, 0) is 4.74 Å². The minimum absolute atomic E-state index is 0.278. The number of nitrogens with zero attached hydrogens (tertiary/aromatic N) is 3. The van der Waals surface area contributed by atoms with Crippen molar-refractivity contribution in [1.82, 2.24) is 5.01 Å². The average Bonchev–Trinajstić information content (AvgIpc) is 2.47. The fourth-order valence-corrected chi connectivity index (χ4v) is 0.819. The van der Waals surface area contributed by atoms with E-state index in [1.807, 2.05) is 0 Å². The predicted octanol–water partition coefficient (Wildman–Crippen LogP) is 0.595. The van der Waals surface area contributed by atoms with E-state index in [1.165, 1.54) is 5.01 Å². The fraction of sp³-hybridized carbons (Fsp3) is 0.800. The third kappa shape index (κ3) is 2.04. The molecule has 0 unspecified atom stereocenters. The van der Waals surface area contributed by atoms with E-state index in [1.54, 1.807) is 0 Å². The summed E-state index contributed by atoms with van der Waals surface area (Å²) in [5.74, 6) is 0.416. The maximum Gasteiger partial charge on any atom is 0.311 e. The number of aliphatic imine (C=N–C) groups is 1. The summed E-state index contributed by atoms with van der Waals surface area (Å²) < 4.78 is 4.98. The molecular weight excluding hydrogens is 170 g/mol. The summed E-state index contributed by atoms with van der Waals surface area (Å²) in [4.78, 5) is 14.0. The lowest BCUT2D eigenvalue weighted by atomic mass is 10.7. The molecule has 1 aliphatic heterocycles. The molecule has 0 aromatic heterocycles. The highest BCUT2D eigenvalue weighted by molar-refractivity contribution is 6.18. The maximum atomic E-state index is 10.1. The van der Waals surface area contributed by atoms with Crippen molar-refractivity contribution in [2.45, 2.75) is 0 Å². The summed E-state index contributed by atoms with van der Waals surface area (Å²) in [7, 11) is 0. The zero-order valence-electron chi connectivity index (χ0n) is 5.86. The Labute approximate surface area is 68.9 Å². The van der Waals surface area contributed by atoms with E-state index >= 15 is 0 Å². The number of hydrogen-bond acceptors (Lipinski definition) is 4. The Kier molecular flexibility index (Phi) is 3.10. The van der Waals surface area contributed by atoms with Crippen LogP contribution < -0.4 is 0 Å². The van der Waals surface area contributed by atoms with Gasteiger partial charge in [0.05, 0.1) is 18.4 Å². The average molecular weight is 178 g/mol. The summed E-state index contributed by atoms with van der Waals surface area (Å²) in [6, 6.07) is 0.278. The largest absolute Gasteiger partial charge is 0.462 e. The third-order valence-electron chi connectivity index (χ3n) is 1.19. The van der Waals surface area contributed by atoms with E-state index in [4.69, 9.17) is 16.3 Å². The first-order chi connectivity index (χ1) is 5.38. The monoisotopic (exact) mass is 177 g/mol. The summed E-state index contributed by atoms with van der Waals surface area (Å²) in [6.07, 6.45) is 0. The lowest BCUT2D eigenvalue weighted by molar-refractivity contribution is 0.350. The highest BCUT2D eigenvalue weighted by Crippen LogP contribution is 2.03. The Bertz CT molecular complexity index is 173. The first-order valence-corrected chi connectivity index (χ1v) is 3.76. The van der Waals surface area contributed by atoms with Crippen molar-refractivity contribution in [3.8, 4) is 0 Å². The Morgan fingerprint density at radius 2 is 2.55 bits per heavy atom. The molecule has 0 atom stereocenters. The Morgan fingerprint density at radius 3 is 3.18 bits per heavy atom. The van der Waals surface area contributed by atoms with Gasteiger partial charge in [0.25, 0.3) is 0 Å². The number of amidine groups is 1. The fourth-order valence-electron chi connectivity index (χ4n) is 0.734. The smallest absolute Gasteiger partial charge is 0.311 e. The number of alkyl halides is 1. The minimum atomic E-state index is 0.278. The topological polar surface area (TPSA) is 54.3 Å². The van der Waals surface area contributed by atoms with E-state index in [0.717, 1.165) is 0 Å². The van der Waals surface area contributed by atoms with Gasteiger partial charge in [-0.1, -0.05) is 0 Å². The summed E-state index contributed by atoms with van der Waals surface area (Å²) >= 11 is 5.38. The minimum Gasteiger partial charge on any atom is -0.462 e. The second kappa shape index (κ2) is 4.12. The zero-order valence-corrected chi connectivity index (χ0v) is 6.62. The molecule has 0 aliphatic carbocycles. The van der Waals surface area contributed by atoms with Crippen LogP contribution in [0.4, 0.5) is 0 Å². The second-order valence-corrected chi connectivity index (χ2v) is 2.28. The summed E-state index contributed by atoms with van der Waals surface area (Å²) in [6.45, 7) is 1.39. The number of halogens is 1. The molecule has 6 heteroatoms. The van der Waals surface area contributed by atoms with Gasteiger partial charge in [0, 0.05) is 5.88 Å². The maximum absolute atomic E-state index is 10.1. The summed E-state index contributed by atoms with van der Waals surface area (Å²) in [5.41, 5.74) is 0. The molecule has 1 saturated heterocycles. The number of rotatable bonds is 3. The molecule has 0 bridgehead atoms. The molecule has 62 valence electrons. The van der Waals surface area contributed by atoms with Gasteiger partial charge in [-0.3, -0.25) is 0 Å². The van der Waals surface area contributed by atoms with Crippen LogP contribution in [0.2, 0.25) is 0 Å². The molecule has 0 spiro atoms. The van der Waals surface area contributed by atoms with Gasteiger partial charge in [-0.25, -0.2) is 4.99 Å². The standard InChI is InChI=1S/C5H8ClN3O2/c6-1-2-7-5-9(8-10)3-4-11-5/h1-4H2. The molecule has 1 heterocycles. The third-order valence-corrected chi connectivity index (χ3v) is 1.35. The van der Waals surface area contributed by atoms with Gasteiger partial charge in [0.2, 0.25) is 0 Å². The normalized spacial score (nSPS) is 20.5. The highest BCUT2D eigenvalue weighted by atomic mass is 35.5. The Balaban J connectivity index is 2.48. The number of nitroso groups, excluding NO2 is 1. The van der Waals surface area contributed by atoms with Crippen LogP contribution in [0.25, 0.3) is 0 Å². The van der Waals surface area contributed by atoms with Gasteiger partial charge in [0.1, 0.15) is 6.61 Å². The Hall–Kier alpha value is -0.840. The zero-order chi connectivity index (χ0) is 8.10. The molecule has 0 radical (unpaired) electrons. The van der Waals surface area contributed by atoms with Crippen molar-refractivity contribution in [1.29, 1.82) is 0 Å². The first-order valence-electron chi connectivity index (χ1n) is 3.22. The molecule has 0 aromatic rings. The van der Waals surface area contributed by atoms with Crippen LogP contribution in [0.5, 0.6) is 0 Å². The van der Waals surface area contributed by atoms with Crippen molar-refractivity contribution >= 4 is 17.6 Å². The quantitative estimate of drug-likeness (QED) is 0.469. The van der Waals surface area contributed by atoms with Gasteiger partial charge in [-0.2, -0.15) is 5.01 Å². The number of hydrogen-bond donors (Lipinski definition) is 0. The van der Waals surface area contributed by atoms with Gasteiger partial charge in [-0.05, 0) is 0 Å². The molecule has 1 fully saturated rings. The van der Waals surface area contributed by atoms with E-state index < -0.39 is 0 Å². The molecule has 0 amide bonds. The van der Waals surface area contributed by atoms with Crippen LogP contribution in [0.15, 0.2) is 10.3 Å². The number of ether oxygens (including phenoxy) is 1. The van der Waals surface area contributed by atoms with E-state index in [0.29, 0.717) is 25.6 Å². The summed E-state index contributed by atoms with van der Waals surface area (Å²) in [5, 5.41) is 3.88. The molecule has 11 heavy (non-hydrogen) atoms. The predicted molar refractivity (Wildman–Crippen MR) is 41.5 cm³/mol. The molecule has 0 aromatic carbocycles. The van der Waals surface area contributed by atoms with Crippen molar-refractivity contribution in [2.75, 3.05) is 25.6 Å². The van der Waals surface area contributed by atoms with Crippen molar-refractivity contribution in [3.63, 3.8) is 0 Å². The lowest BCUT2D eigenvalue weighted by Crippen LogP contribution is -2.18. The molecule has 1 aliphatic rings. The SMILES string of the molecule is O=NN1CCOC1=NCCCl. The van der Waals surface area contributed by atoms with Crippen LogP contribution in [0.3, 0.4) is 0 Å². The van der Waals surface area contributed by atoms with E-state index in [-0.39, 0.29) is 6.02 Å². The molecule has 0 saturated carbocycles. The van der Waals surface area contributed by atoms with Gasteiger partial charge >= 0.3 is 6.02 Å². The van der Waals surface area contributed by atoms with E-state index in [9.17, 15) is 4.91 Å². The van der Waals surface area contributed by atoms with Gasteiger partial charge in [-0.15, -0.1) is 16.5 Å². The van der Waals surface area contributed by atoms with Crippen LogP contribution >= 0.6 is 11.6 Å². The van der Waals surface area contributed by atoms with Gasteiger partial charge < -0.3 is 4.74 Å². The second-order valence-electron chi connectivity index (χ2n) is 1.91. The molecular formula is C5H8ClN3O2. The van der Waals surface area contributed by atoms with Gasteiger partial charge in [0.15, 0.2) is 0 Å². The highest BCUT2D eigenvalue weighted by Gasteiger charge is 2.20. The lowest BCUT2D eigenvalue weighted by Gasteiger charge is -2.02. The molecule has 5 nitrogen and oxygen atoms in total. The van der Waals surface area contributed by atoms with Crippen molar-refractivity contribution < 1.29 is 4.74 Å².